The molecular formula is C18H33N3O3. The van der Waals surface area contributed by atoms with E-state index in [0.717, 1.165) is 25.5 Å². The number of nitrogens with one attached hydrogen (secondary N) is 2. The van der Waals surface area contributed by atoms with Gasteiger partial charge in [-0.1, -0.05) is 0 Å². The molecule has 24 heavy (non-hydrogen) atoms. The molecule has 2 N–H and O–H groups in total. The van der Waals surface area contributed by atoms with Crippen molar-refractivity contribution in [2.75, 3.05) is 46.1 Å². The van der Waals surface area contributed by atoms with Gasteiger partial charge in [-0.15, -0.1) is 0 Å². The first kappa shape index (κ1) is 17.2. The van der Waals surface area contributed by atoms with E-state index in [4.69, 9.17) is 14.2 Å². The van der Waals surface area contributed by atoms with Gasteiger partial charge in [0.2, 0.25) is 0 Å². The molecule has 0 aromatic heterocycles. The smallest absolute Gasteiger partial charge is 0.0781 e. The van der Waals surface area contributed by atoms with Crippen LogP contribution in [0.3, 0.4) is 0 Å². The molecule has 6 heteroatoms. The Labute approximate surface area is 145 Å². The molecule has 3 heterocycles. The van der Waals surface area contributed by atoms with Gasteiger partial charge in [0.05, 0.1) is 38.6 Å². The van der Waals surface area contributed by atoms with E-state index in [1.165, 1.54) is 32.4 Å². The summed E-state index contributed by atoms with van der Waals surface area (Å²) < 4.78 is 17.7. The van der Waals surface area contributed by atoms with Crippen molar-refractivity contribution in [3.05, 3.63) is 0 Å². The van der Waals surface area contributed by atoms with Crippen LogP contribution >= 0.6 is 0 Å². The highest BCUT2D eigenvalue weighted by molar-refractivity contribution is 5.00. The highest BCUT2D eigenvalue weighted by Gasteiger charge is 2.45. The van der Waals surface area contributed by atoms with Crippen molar-refractivity contribution in [3.63, 3.8) is 0 Å². The Morgan fingerprint density at radius 1 is 0.958 bits per heavy atom. The Kier molecular flexibility index (Phi) is 5.71. The summed E-state index contributed by atoms with van der Waals surface area (Å²) in [5.74, 6) is 1.45. The predicted octanol–water partition coefficient (Wildman–Crippen LogP) is 0.774. The van der Waals surface area contributed by atoms with Crippen LogP contribution in [0.4, 0.5) is 0 Å². The van der Waals surface area contributed by atoms with E-state index in [1.54, 1.807) is 0 Å². The van der Waals surface area contributed by atoms with Gasteiger partial charge < -0.3 is 19.1 Å². The highest BCUT2D eigenvalue weighted by atomic mass is 16.6. The Morgan fingerprint density at radius 3 is 2.88 bits per heavy atom. The third-order valence-corrected chi connectivity index (χ3v) is 6.31. The normalized spacial score (nSPS) is 47.6. The van der Waals surface area contributed by atoms with Crippen molar-refractivity contribution < 1.29 is 14.2 Å². The standard InChI is InChI=1S/C18H33N3O3/c1-13-12-24-15-2-3-17-16(10-15)18(20-19-17)14-4-5-21(11-14)6-7-22-8-9-23-13/h13-20H,2-12H2,1H3/t13-,14?,15?,16?,17?,18?/m1/s1. The zero-order valence-corrected chi connectivity index (χ0v) is 14.9. The van der Waals surface area contributed by atoms with Crippen LogP contribution in [0.2, 0.25) is 0 Å². The number of rotatable bonds is 0. The SMILES string of the molecule is C[C@@H]1COC2CCC3NNC(C4CCN(CCOCCO1)C4)C3C2. The van der Waals surface area contributed by atoms with Crippen LogP contribution in [-0.2, 0) is 14.2 Å². The van der Waals surface area contributed by atoms with Crippen molar-refractivity contribution >= 4 is 0 Å². The van der Waals surface area contributed by atoms with E-state index in [-0.39, 0.29) is 6.10 Å². The van der Waals surface area contributed by atoms with Crippen molar-refractivity contribution in [2.45, 2.75) is 56.9 Å². The molecule has 0 amide bonds. The molecule has 4 bridgehead atoms. The fraction of sp³-hybridized carbons (Fsp3) is 1.00. The minimum Gasteiger partial charge on any atom is -0.378 e. The summed E-state index contributed by atoms with van der Waals surface area (Å²) in [6.07, 6.45) is 5.40. The first-order chi connectivity index (χ1) is 11.8. The molecule has 0 radical (unpaired) electrons. The first-order valence-corrected chi connectivity index (χ1v) is 9.84. The summed E-state index contributed by atoms with van der Waals surface area (Å²) in [5.41, 5.74) is 7.21. The number of hydrogen-bond acceptors (Lipinski definition) is 6. The third kappa shape index (κ3) is 3.94. The maximum Gasteiger partial charge on any atom is 0.0781 e. The lowest BCUT2D eigenvalue weighted by Crippen LogP contribution is -2.42. The first-order valence-electron chi connectivity index (χ1n) is 9.84. The molecule has 0 aromatic carbocycles. The second kappa shape index (κ2) is 7.98. The van der Waals surface area contributed by atoms with Crippen LogP contribution in [-0.4, -0.2) is 75.3 Å². The number of ether oxygens (including phenoxy) is 3. The lowest BCUT2D eigenvalue weighted by molar-refractivity contribution is -0.0663. The average molecular weight is 339 g/mol. The molecule has 6 nitrogen and oxygen atoms in total. The fourth-order valence-electron chi connectivity index (χ4n) is 4.95. The summed E-state index contributed by atoms with van der Waals surface area (Å²) >= 11 is 0. The van der Waals surface area contributed by atoms with Gasteiger partial charge in [0.1, 0.15) is 0 Å². The topological polar surface area (TPSA) is 55.0 Å². The van der Waals surface area contributed by atoms with E-state index >= 15 is 0 Å². The van der Waals surface area contributed by atoms with Gasteiger partial charge in [0.15, 0.2) is 0 Å². The summed E-state index contributed by atoms with van der Waals surface area (Å²) in [5, 5.41) is 0. The Morgan fingerprint density at radius 2 is 1.92 bits per heavy atom. The Hall–Kier alpha value is -0.240. The molecule has 3 saturated heterocycles. The molecule has 0 aromatic rings. The number of hydrogen-bond donors (Lipinski definition) is 2. The quantitative estimate of drug-likeness (QED) is 0.680. The zero-order chi connectivity index (χ0) is 16.4. The molecule has 1 saturated carbocycles. The number of nitrogens with zero attached hydrogens (tertiary/aromatic N) is 1. The molecular weight excluding hydrogens is 306 g/mol. The lowest BCUT2D eigenvalue weighted by Gasteiger charge is -2.35. The van der Waals surface area contributed by atoms with Gasteiger partial charge in [-0.25, -0.2) is 0 Å². The van der Waals surface area contributed by atoms with E-state index < -0.39 is 0 Å². The van der Waals surface area contributed by atoms with Gasteiger partial charge >= 0.3 is 0 Å². The van der Waals surface area contributed by atoms with Crippen molar-refractivity contribution in [2.24, 2.45) is 11.8 Å². The number of fused-ring (bicyclic) bond motifs is 4. The van der Waals surface area contributed by atoms with Crippen LogP contribution in [0.5, 0.6) is 0 Å². The van der Waals surface area contributed by atoms with Crippen molar-refractivity contribution in [1.29, 1.82) is 0 Å². The molecule has 7 atom stereocenters. The Balaban J connectivity index is 1.41. The molecule has 138 valence electrons. The van der Waals surface area contributed by atoms with Crippen LogP contribution in [0, 0.1) is 11.8 Å². The van der Waals surface area contributed by atoms with Crippen LogP contribution in [0.25, 0.3) is 0 Å². The minimum absolute atomic E-state index is 0.148. The van der Waals surface area contributed by atoms with E-state index in [1.807, 2.05) is 0 Å². The molecule has 6 unspecified atom stereocenters. The van der Waals surface area contributed by atoms with Gasteiger partial charge in [0.25, 0.3) is 0 Å². The zero-order valence-electron chi connectivity index (χ0n) is 14.9. The van der Waals surface area contributed by atoms with E-state index in [9.17, 15) is 0 Å². The van der Waals surface area contributed by atoms with Crippen LogP contribution in [0.1, 0.15) is 32.6 Å². The average Bonchev–Trinajstić information content (AvgIpc) is 3.21. The van der Waals surface area contributed by atoms with E-state index in [2.05, 4.69) is 22.7 Å². The van der Waals surface area contributed by atoms with Gasteiger partial charge in [-0.2, -0.15) is 0 Å². The maximum atomic E-state index is 6.20. The van der Waals surface area contributed by atoms with Crippen molar-refractivity contribution in [3.8, 4) is 0 Å². The molecule has 0 spiro atoms. The van der Waals surface area contributed by atoms with Crippen LogP contribution in [0.15, 0.2) is 0 Å². The fourth-order valence-corrected chi connectivity index (χ4v) is 4.95. The van der Waals surface area contributed by atoms with Gasteiger partial charge in [0, 0.05) is 25.2 Å². The summed E-state index contributed by atoms with van der Waals surface area (Å²) in [4.78, 5) is 2.56. The minimum atomic E-state index is 0.148. The van der Waals surface area contributed by atoms with Gasteiger partial charge in [-0.3, -0.25) is 10.9 Å². The Bertz CT molecular complexity index is 411. The lowest BCUT2D eigenvalue weighted by atomic mass is 9.76. The van der Waals surface area contributed by atoms with Gasteiger partial charge in [-0.05, 0) is 51.0 Å². The maximum absolute atomic E-state index is 6.20. The monoisotopic (exact) mass is 339 g/mol. The molecule has 1 aliphatic carbocycles. The largest absolute Gasteiger partial charge is 0.378 e. The molecule has 4 aliphatic rings. The van der Waals surface area contributed by atoms with E-state index in [0.29, 0.717) is 43.9 Å². The molecule has 4 rings (SSSR count). The summed E-state index contributed by atoms with van der Waals surface area (Å²) in [6, 6.07) is 1.22. The number of hydrazine groups is 1. The predicted molar refractivity (Wildman–Crippen MR) is 91.7 cm³/mol. The second-order valence-electron chi connectivity index (χ2n) is 8.00. The summed E-state index contributed by atoms with van der Waals surface area (Å²) in [7, 11) is 0. The summed E-state index contributed by atoms with van der Waals surface area (Å²) in [6.45, 7) is 8.41. The highest BCUT2D eigenvalue weighted by Crippen LogP contribution is 2.37. The van der Waals surface area contributed by atoms with Crippen molar-refractivity contribution in [1.82, 2.24) is 15.8 Å². The van der Waals surface area contributed by atoms with Crippen LogP contribution < -0.4 is 10.9 Å². The molecule has 4 fully saturated rings. The second-order valence-corrected chi connectivity index (χ2v) is 8.00. The third-order valence-electron chi connectivity index (χ3n) is 6.31. The molecule has 3 aliphatic heterocycles.